The summed E-state index contributed by atoms with van der Waals surface area (Å²) in [6, 6.07) is 21.5. The summed E-state index contributed by atoms with van der Waals surface area (Å²) in [6.45, 7) is 4.82. The molecule has 0 fully saturated rings. The Bertz CT molecular complexity index is 1190. The third kappa shape index (κ3) is 2.76. The first-order valence-electron chi connectivity index (χ1n) is 10.1. The highest BCUT2D eigenvalue weighted by molar-refractivity contribution is 7.93. The van der Waals surface area contributed by atoms with Crippen molar-refractivity contribution in [3.05, 3.63) is 89.0 Å². The minimum absolute atomic E-state index is 0.237. The van der Waals surface area contributed by atoms with Crippen LogP contribution in [0.25, 0.3) is 0 Å². The molecule has 2 heterocycles. The van der Waals surface area contributed by atoms with Crippen molar-refractivity contribution < 1.29 is 8.42 Å². The number of para-hydroxylation sites is 1. The van der Waals surface area contributed by atoms with Gasteiger partial charge in [0.15, 0.2) is 0 Å². The average molecular weight is 405 g/mol. The van der Waals surface area contributed by atoms with Crippen LogP contribution in [0, 0.1) is 6.92 Å². The molecule has 0 amide bonds. The Labute approximate surface area is 172 Å². The summed E-state index contributed by atoms with van der Waals surface area (Å²) in [5.74, 6) is 0. The van der Waals surface area contributed by atoms with Crippen molar-refractivity contribution in [3.63, 3.8) is 0 Å². The van der Waals surface area contributed by atoms with Crippen molar-refractivity contribution in [1.82, 2.24) is 0 Å². The average Bonchev–Trinajstić information content (AvgIpc) is 3.06. The van der Waals surface area contributed by atoms with E-state index in [-0.39, 0.29) is 6.17 Å². The zero-order valence-corrected chi connectivity index (χ0v) is 17.5. The summed E-state index contributed by atoms with van der Waals surface area (Å²) in [5, 5.41) is 0. The molecule has 0 radical (unpaired) electrons. The standard InChI is InChI=1S/C24H24N2O2S/c1-3-18-9-6-10-22-24(18)25-16-20-8-5-4-7-19(20)15-23(25)26(22)29(27,28)21-13-11-17(2)12-14-21/h4-14,23H,3,15-16H2,1-2H3. The van der Waals surface area contributed by atoms with Gasteiger partial charge in [-0.3, -0.25) is 0 Å². The molecule has 148 valence electrons. The Morgan fingerprint density at radius 3 is 2.38 bits per heavy atom. The second kappa shape index (κ2) is 6.63. The lowest BCUT2D eigenvalue weighted by molar-refractivity contribution is 0.555. The highest BCUT2D eigenvalue weighted by atomic mass is 32.2. The van der Waals surface area contributed by atoms with Crippen LogP contribution in [-0.2, 0) is 29.4 Å². The quantitative estimate of drug-likeness (QED) is 0.638. The first kappa shape index (κ1) is 18.3. The van der Waals surface area contributed by atoms with Crippen molar-refractivity contribution >= 4 is 21.4 Å². The van der Waals surface area contributed by atoms with E-state index in [1.54, 1.807) is 16.4 Å². The Morgan fingerprint density at radius 1 is 0.931 bits per heavy atom. The molecule has 4 nitrogen and oxygen atoms in total. The minimum atomic E-state index is -3.68. The van der Waals surface area contributed by atoms with Crippen molar-refractivity contribution in [3.8, 4) is 0 Å². The molecular formula is C24H24N2O2S. The summed E-state index contributed by atoms with van der Waals surface area (Å²) in [4.78, 5) is 2.62. The predicted octanol–water partition coefficient (Wildman–Crippen LogP) is 4.66. The molecule has 5 heteroatoms. The maximum absolute atomic E-state index is 13.8. The first-order chi connectivity index (χ1) is 14.0. The summed E-state index contributed by atoms with van der Waals surface area (Å²) in [5.41, 5.74) is 6.59. The van der Waals surface area contributed by atoms with Crippen LogP contribution in [0.4, 0.5) is 11.4 Å². The molecular weight excluding hydrogens is 380 g/mol. The fourth-order valence-corrected chi connectivity index (χ4v) is 6.21. The Morgan fingerprint density at radius 2 is 1.66 bits per heavy atom. The molecule has 1 atom stereocenters. The second-order valence-electron chi connectivity index (χ2n) is 7.83. The zero-order chi connectivity index (χ0) is 20.2. The fraction of sp³-hybridized carbons (Fsp3) is 0.250. The van der Waals surface area contributed by atoms with E-state index in [2.05, 4.69) is 36.1 Å². The monoisotopic (exact) mass is 404 g/mol. The number of anilines is 2. The van der Waals surface area contributed by atoms with Gasteiger partial charge in [-0.05, 0) is 48.2 Å². The van der Waals surface area contributed by atoms with E-state index in [0.717, 1.165) is 29.9 Å². The van der Waals surface area contributed by atoms with Crippen LogP contribution in [0.5, 0.6) is 0 Å². The molecule has 2 aliphatic heterocycles. The Hall–Kier alpha value is -2.79. The lowest BCUT2D eigenvalue weighted by Gasteiger charge is -2.37. The topological polar surface area (TPSA) is 40.6 Å². The number of hydrogen-bond donors (Lipinski definition) is 0. The van der Waals surface area contributed by atoms with E-state index in [4.69, 9.17) is 0 Å². The third-order valence-corrected chi connectivity index (χ3v) is 7.90. The zero-order valence-electron chi connectivity index (χ0n) is 16.7. The molecule has 0 aromatic heterocycles. The number of aryl methyl sites for hydroxylation is 2. The summed E-state index contributed by atoms with van der Waals surface area (Å²) < 4.78 is 29.2. The Kier molecular flexibility index (Phi) is 4.17. The van der Waals surface area contributed by atoms with Crippen molar-refractivity contribution in [2.24, 2.45) is 0 Å². The molecule has 3 aromatic rings. The molecule has 0 spiro atoms. The van der Waals surface area contributed by atoms with Gasteiger partial charge in [0.2, 0.25) is 0 Å². The van der Waals surface area contributed by atoms with Crippen LogP contribution >= 0.6 is 0 Å². The first-order valence-corrected chi connectivity index (χ1v) is 11.5. The van der Waals surface area contributed by atoms with Crippen molar-refractivity contribution in [2.45, 2.75) is 44.3 Å². The number of hydrogen-bond acceptors (Lipinski definition) is 3. The van der Waals surface area contributed by atoms with E-state index in [1.165, 1.54) is 16.7 Å². The highest BCUT2D eigenvalue weighted by Gasteiger charge is 2.45. The number of sulfonamides is 1. The molecule has 5 rings (SSSR count). The maximum atomic E-state index is 13.8. The Balaban J connectivity index is 1.70. The lowest BCUT2D eigenvalue weighted by Crippen LogP contribution is -2.49. The predicted molar refractivity (Wildman–Crippen MR) is 117 cm³/mol. The van der Waals surface area contributed by atoms with Gasteiger partial charge in [-0.1, -0.05) is 61.0 Å². The molecule has 2 aliphatic rings. The van der Waals surface area contributed by atoms with Gasteiger partial charge in [0.05, 0.1) is 16.3 Å². The molecule has 0 N–H and O–H groups in total. The summed E-state index contributed by atoms with van der Waals surface area (Å²) in [6.07, 6.45) is 1.31. The summed E-state index contributed by atoms with van der Waals surface area (Å²) in [7, 11) is -3.68. The van der Waals surface area contributed by atoms with E-state index in [1.807, 2.05) is 37.3 Å². The molecule has 0 saturated carbocycles. The molecule has 0 aliphatic carbocycles. The number of fused-ring (bicyclic) bond motifs is 4. The van der Waals surface area contributed by atoms with Gasteiger partial charge in [0.25, 0.3) is 10.0 Å². The van der Waals surface area contributed by atoms with Gasteiger partial charge in [-0.2, -0.15) is 0 Å². The summed E-state index contributed by atoms with van der Waals surface area (Å²) >= 11 is 0. The van der Waals surface area contributed by atoms with Crippen LogP contribution in [-0.4, -0.2) is 14.6 Å². The SMILES string of the molecule is CCc1cccc2c1N1Cc3ccccc3CC1N2S(=O)(=O)c1ccc(C)cc1. The molecule has 0 bridgehead atoms. The number of benzene rings is 3. The lowest BCUT2D eigenvalue weighted by atomic mass is 9.97. The molecule has 3 aromatic carbocycles. The van der Waals surface area contributed by atoms with Gasteiger partial charge in [0, 0.05) is 13.0 Å². The van der Waals surface area contributed by atoms with E-state index in [0.29, 0.717) is 11.3 Å². The van der Waals surface area contributed by atoms with Crippen LogP contribution in [0.1, 0.15) is 29.2 Å². The number of rotatable bonds is 3. The highest BCUT2D eigenvalue weighted by Crippen LogP contribution is 2.48. The van der Waals surface area contributed by atoms with Crippen molar-refractivity contribution in [1.29, 1.82) is 0 Å². The largest absolute Gasteiger partial charge is 0.344 e. The number of nitrogens with zero attached hydrogens (tertiary/aromatic N) is 2. The van der Waals surface area contributed by atoms with Gasteiger partial charge < -0.3 is 4.90 Å². The maximum Gasteiger partial charge on any atom is 0.266 e. The second-order valence-corrected chi connectivity index (χ2v) is 9.65. The van der Waals surface area contributed by atoms with Gasteiger partial charge in [0.1, 0.15) is 6.17 Å². The van der Waals surface area contributed by atoms with Gasteiger partial charge in [-0.25, -0.2) is 12.7 Å². The van der Waals surface area contributed by atoms with Crippen LogP contribution in [0.15, 0.2) is 71.6 Å². The molecule has 29 heavy (non-hydrogen) atoms. The molecule has 1 unspecified atom stereocenters. The van der Waals surface area contributed by atoms with Crippen LogP contribution in [0.3, 0.4) is 0 Å². The fourth-order valence-electron chi connectivity index (χ4n) is 4.59. The van der Waals surface area contributed by atoms with E-state index >= 15 is 0 Å². The van der Waals surface area contributed by atoms with Crippen LogP contribution in [0.2, 0.25) is 0 Å². The van der Waals surface area contributed by atoms with E-state index in [9.17, 15) is 8.42 Å². The van der Waals surface area contributed by atoms with Gasteiger partial charge >= 0.3 is 0 Å². The van der Waals surface area contributed by atoms with E-state index < -0.39 is 10.0 Å². The smallest absolute Gasteiger partial charge is 0.266 e. The minimum Gasteiger partial charge on any atom is -0.344 e. The third-order valence-electron chi connectivity index (χ3n) is 6.07. The molecule has 0 saturated heterocycles. The van der Waals surface area contributed by atoms with Gasteiger partial charge in [-0.15, -0.1) is 0 Å². The normalized spacial score (nSPS) is 17.7. The van der Waals surface area contributed by atoms with Crippen LogP contribution < -0.4 is 9.21 Å². The van der Waals surface area contributed by atoms with Crippen molar-refractivity contribution in [2.75, 3.05) is 9.21 Å².